The summed E-state index contributed by atoms with van der Waals surface area (Å²) in [5.74, 6) is -1.72. The second-order valence-corrected chi connectivity index (χ2v) is 6.73. The fourth-order valence-corrected chi connectivity index (χ4v) is 1.85. The van der Waals surface area contributed by atoms with Crippen LogP contribution >= 0.6 is 0 Å². The Morgan fingerprint density at radius 3 is 1.40 bits per heavy atom. The molecule has 0 aromatic rings. The van der Waals surface area contributed by atoms with Crippen molar-refractivity contribution in [2.75, 3.05) is 13.2 Å². The van der Waals surface area contributed by atoms with Crippen LogP contribution in [0.1, 0.15) is 67.2 Å². The molecule has 0 atom stereocenters. The summed E-state index contributed by atoms with van der Waals surface area (Å²) >= 11 is 0. The van der Waals surface area contributed by atoms with Gasteiger partial charge in [0.25, 0.3) is 0 Å². The first-order chi connectivity index (χ1) is 11.6. The van der Waals surface area contributed by atoms with Gasteiger partial charge in [0.1, 0.15) is 24.4 Å². The van der Waals surface area contributed by atoms with Crippen molar-refractivity contribution < 1.29 is 44.0 Å². The molecule has 0 saturated heterocycles. The van der Waals surface area contributed by atoms with Gasteiger partial charge in [-0.2, -0.15) is 9.78 Å². The van der Waals surface area contributed by atoms with Gasteiger partial charge in [-0.3, -0.25) is 9.78 Å². The third kappa shape index (κ3) is 13.7. The largest absolute Gasteiger partial charge is 0.371 e. The summed E-state index contributed by atoms with van der Waals surface area (Å²) in [6, 6.07) is 0. The number of carbonyl (C=O) groups excluding carboxylic acids is 2. The molecule has 0 radical (unpaired) electrons. The summed E-state index contributed by atoms with van der Waals surface area (Å²) in [4.78, 5) is 41.3. The Bertz CT molecular complexity index is 357. The summed E-state index contributed by atoms with van der Waals surface area (Å²) in [6.45, 7) is 10.1. The van der Waals surface area contributed by atoms with Crippen LogP contribution in [0.2, 0.25) is 0 Å². The van der Waals surface area contributed by atoms with Gasteiger partial charge in [-0.15, -0.1) is 0 Å². The Morgan fingerprint density at radius 2 is 1.08 bits per heavy atom. The zero-order valence-corrected chi connectivity index (χ0v) is 15.9. The maximum absolute atomic E-state index is 11.3. The van der Waals surface area contributed by atoms with E-state index < -0.39 is 36.4 Å². The first-order valence-electron chi connectivity index (χ1n) is 8.30. The predicted octanol–water partition coefficient (Wildman–Crippen LogP) is 2.97. The molecule has 0 bridgehead atoms. The second-order valence-electron chi connectivity index (χ2n) is 6.73. The Morgan fingerprint density at radius 1 is 0.720 bits per heavy atom. The zero-order valence-electron chi connectivity index (χ0n) is 15.9. The van der Waals surface area contributed by atoms with Crippen molar-refractivity contribution in [3.63, 3.8) is 0 Å². The van der Waals surface area contributed by atoms with E-state index in [0.717, 1.165) is 25.7 Å². The summed E-state index contributed by atoms with van der Waals surface area (Å²) in [7, 11) is 0. The van der Waals surface area contributed by atoms with Gasteiger partial charge in [0, 0.05) is 0 Å². The molecule has 0 aliphatic heterocycles. The van der Waals surface area contributed by atoms with Gasteiger partial charge in [0.2, 0.25) is 0 Å². The minimum atomic E-state index is -0.860. The molecule has 0 amide bonds. The quantitative estimate of drug-likeness (QED) is 0.339. The van der Waals surface area contributed by atoms with Crippen molar-refractivity contribution in [2.24, 2.45) is 0 Å². The fraction of sp³-hybridized carbons (Fsp3) is 0.875. The molecule has 9 heteroatoms. The van der Waals surface area contributed by atoms with Gasteiger partial charge in [-0.1, -0.05) is 26.7 Å². The second kappa shape index (κ2) is 12.2. The topological polar surface area (TPSA) is 98.8 Å². The van der Waals surface area contributed by atoms with Crippen molar-refractivity contribution in [2.45, 2.75) is 78.4 Å². The summed E-state index contributed by atoms with van der Waals surface area (Å²) in [5, 5.41) is 8.81. The maximum Gasteiger partial charge on any atom is 0.371 e. The first kappa shape index (κ1) is 23.7. The van der Waals surface area contributed by atoms with Crippen LogP contribution in [0.4, 0.5) is 0 Å². The number of hydrogen-bond acceptors (Lipinski definition) is 9. The molecule has 25 heavy (non-hydrogen) atoms. The lowest BCUT2D eigenvalue weighted by Gasteiger charge is -2.21. The van der Waals surface area contributed by atoms with Crippen LogP contribution in [0, 0.1) is 0 Å². The van der Waals surface area contributed by atoms with Gasteiger partial charge < -0.3 is 4.74 Å². The predicted molar refractivity (Wildman–Crippen MR) is 85.3 cm³/mol. The highest BCUT2D eigenvalue weighted by atomic mass is 17.5. The monoisotopic (exact) mass is 366 g/mol. The Hall–Kier alpha value is -1.26. The number of rotatable bonds is 14. The van der Waals surface area contributed by atoms with E-state index in [-0.39, 0.29) is 0 Å². The van der Waals surface area contributed by atoms with Crippen LogP contribution in [0.5, 0.6) is 0 Å². The number of ether oxygens (including phenoxy) is 1. The highest BCUT2D eigenvalue weighted by molar-refractivity contribution is 5.72. The minimum Gasteiger partial charge on any atom is -0.358 e. The van der Waals surface area contributed by atoms with Gasteiger partial charge in [-0.05, 0) is 50.6 Å². The first-order valence-corrected chi connectivity index (χ1v) is 8.30. The van der Waals surface area contributed by atoms with Crippen molar-refractivity contribution in [1.82, 2.24) is 0 Å². The van der Waals surface area contributed by atoms with E-state index >= 15 is 0 Å². The average Bonchev–Trinajstić information content (AvgIpc) is 2.46. The van der Waals surface area contributed by atoms with Gasteiger partial charge in [0.15, 0.2) is 0 Å². The number of hydrogen-bond donors (Lipinski definition) is 0. The molecule has 0 unspecified atom stereocenters. The smallest absolute Gasteiger partial charge is 0.358 e. The molecule has 148 valence electrons. The standard InChI is InChI=1S/C16H30O9/c1-7-9-15(3,4)22-24-20-13(17)11-19-12-14(18)21-25-23-16(5,6)10-8-2/h7-12H2,1-6H3. The van der Waals surface area contributed by atoms with Crippen molar-refractivity contribution in [3.05, 3.63) is 0 Å². The summed E-state index contributed by atoms with van der Waals surface area (Å²) in [5.41, 5.74) is -1.16. The molecule has 0 saturated carbocycles. The molecule has 0 aliphatic rings. The third-order valence-electron chi connectivity index (χ3n) is 2.92. The van der Waals surface area contributed by atoms with E-state index in [9.17, 15) is 9.59 Å². The van der Waals surface area contributed by atoms with Crippen LogP contribution < -0.4 is 0 Å². The Labute approximate surface area is 148 Å². The van der Waals surface area contributed by atoms with E-state index in [0.29, 0.717) is 0 Å². The Kier molecular flexibility index (Phi) is 11.5. The van der Waals surface area contributed by atoms with Gasteiger partial charge in [0.05, 0.1) is 0 Å². The van der Waals surface area contributed by atoms with E-state index in [2.05, 4.69) is 19.9 Å². The minimum absolute atomic E-state index is 0.519. The fourth-order valence-electron chi connectivity index (χ4n) is 1.85. The number of carbonyl (C=O) groups is 2. The van der Waals surface area contributed by atoms with Crippen molar-refractivity contribution in [1.29, 1.82) is 0 Å². The van der Waals surface area contributed by atoms with Crippen molar-refractivity contribution >= 4 is 11.9 Å². The molecule has 0 rings (SSSR count). The van der Waals surface area contributed by atoms with Crippen LogP contribution in [-0.2, 0) is 44.0 Å². The zero-order chi connectivity index (χ0) is 19.3. The lowest BCUT2D eigenvalue weighted by molar-refractivity contribution is -0.518. The van der Waals surface area contributed by atoms with Crippen LogP contribution in [-0.4, -0.2) is 36.4 Å². The Balaban J connectivity index is 3.75. The van der Waals surface area contributed by atoms with E-state index in [4.69, 9.17) is 14.5 Å². The molecular weight excluding hydrogens is 336 g/mol. The van der Waals surface area contributed by atoms with Crippen molar-refractivity contribution in [3.8, 4) is 0 Å². The molecule has 0 aromatic heterocycles. The highest BCUT2D eigenvalue weighted by Gasteiger charge is 2.21. The molecule has 0 aromatic carbocycles. The lowest BCUT2D eigenvalue weighted by Crippen LogP contribution is -2.27. The summed E-state index contributed by atoms with van der Waals surface area (Å²) in [6.07, 6.45) is 3.22. The van der Waals surface area contributed by atoms with E-state index in [1.54, 1.807) is 27.7 Å². The van der Waals surface area contributed by atoms with Gasteiger partial charge >= 0.3 is 11.9 Å². The molecule has 0 fully saturated rings. The van der Waals surface area contributed by atoms with Crippen LogP contribution in [0.3, 0.4) is 0 Å². The molecule has 9 nitrogen and oxygen atoms in total. The molecule has 0 aliphatic carbocycles. The van der Waals surface area contributed by atoms with Crippen LogP contribution in [0.15, 0.2) is 0 Å². The maximum atomic E-state index is 11.3. The lowest BCUT2D eigenvalue weighted by atomic mass is 10.0. The molecule has 0 heterocycles. The van der Waals surface area contributed by atoms with E-state index in [1.807, 2.05) is 13.8 Å². The third-order valence-corrected chi connectivity index (χ3v) is 2.92. The molecular formula is C16H30O9. The normalized spacial score (nSPS) is 12.1. The highest BCUT2D eigenvalue weighted by Crippen LogP contribution is 2.17. The summed E-state index contributed by atoms with van der Waals surface area (Å²) < 4.78 is 4.80. The van der Waals surface area contributed by atoms with E-state index in [1.165, 1.54) is 0 Å². The van der Waals surface area contributed by atoms with Crippen LogP contribution in [0.25, 0.3) is 0 Å². The van der Waals surface area contributed by atoms with Gasteiger partial charge in [-0.25, -0.2) is 9.59 Å². The average molecular weight is 366 g/mol. The molecule has 0 spiro atoms. The SMILES string of the molecule is CCCC(C)(C)OOOC(=O)COCC(=O)OOOC(C)(C)CCC. The molecule has 0 N–H and O–H groups in total.